The van der Waals surface area contributed by atoms with E-state index in [0.29, 0.717) is 0 Å². The van der Waals surface area contributed by atoms with Gasteiger partial charge < -0.3 is 5.32 Å². The van der Waals surface area contributed by atoms with Gasteiger partial charge in [0.15, 0.2) is 0 Å². The first-order valence-corrected chi connectivity index (χ1v) is 6.50. The van der Waals surface area contributed by atoms with Crippen molar-refractivity contribution in [1.29, 1.82) is 0 Å². The average molecular weight is 230 g/mol. The van der Waals surface area contributed by atoms with E-state index in [0.717, 1.165) is 10.8 Å². The van der Waals surface area contributed by atoms with Crippen molar-refractivity contribution in [3.8, 4) is 10.6 Å². The molecule has 0 atom stereocenters. The maximum absolute atomic E-state index is 4.53. The fourth-order valence-electron chi connectivity index (χ4n) is 2.23. The predicted molar refractivity (Wildman–Crippen MR) is 69.1 cm³/mol. The van der Waals surface area contributed by atoms with E-state index in [2.05, 4.69) is 33.9 Å². The molecule has 16 heavy (non-hydrogen) atoms. The van der Waals surface area contributed by atoms with E-state index in [-0.39, 0.29) is 0 Å². The molecule has 0 saturated carbocycles. The lowest BCUT2D eigenvalue weighted by Crippen LogP contribution is -1.88. The second-order valence-corrected chi connectivity index (χ2v) is 4.98. The van der Waals surface area contributed by atoms with Crippen LogP contribution in [0.15, 0.2) is 23.6 Å². The number of fused-ring (bicyclic) bond motifs is 1. The fourth-order valence-corrected chi connectivity index (χ4v) is 3.03. The molecule has 2 nitrogen and oxygen atoms in total. The standard InChI is InChI=1S/C13H14N2S/c1-14-12-8-16-13(15-12)11-6-5-9-3-2-4-10(9)7-11/h5-8,14H,2-4H2,1H3. The minimum Gasteiger partial charge on any atom is -0.372 e. The molecule has 0 saturated heterocycles. The Morgan fingerprint density at radius 3 is 2.94 bits per heavy atom. The lowest BCUT2D eigenvalue weighted by molar-refractivity contribution is 0.912. The van der Waals surface area contributed by atoms with Gasteiger partial charge in [0.25, 0.3) is 0 Å². The van der Waals surface area contributed by atoms with E-state index in [4.69, 9.17) is 0 Å². The van der Waals surface area contributed by atoms with E-state index in [1.165, 1.54) is 36.0 Å². The molecular weight excluding hydrogens is 216 g/mol. The van der Waals surface area contributed by atoms with Crippen LogP contribution in [-0.2, 0) is 12.8 Å². The van der Waals surface area contributed by atoms with Crippen molar-refractivity contribution in [3.05, 3.63) is 34.7 Å². The van der Waals surface area contributed by atoms with Crippen molar-refractivity contribution >= 4 is 17.2 Å². The van der Waals surface area contributed by atoms with Gasteiger partial charge in [0.2, 0.25) is 0 Å². The molecule has 0 aliphatic heterocycles. The summed E-state index contributed by atoms with van der Waals surface area (Å²) in [5.41, 5.74) is 4.29. The van der Waals surface area contributed by atoms with Gasteiger partial charge in [0.1, 0.15) is 10.8 Å². The van der Waals surface area contributed by atoms with Gasteiger partial charge in [-0.3, -0.25) is 0 Å². The quantitative estimate of drug-likeness (QED) is 0.856. The van der Waals surface area contributed by atoms with Crippen LogP contribution in [0.3, 0.4) is 0 Å². The van der Waals surface area contributed by atoms with Gasteiger partial charge in [-0.25, -0.2) is 4.98 Å². The number of anilines is 1. The minimum atomic E-state index is 0.959. The zero-order chi connectivity index (χ0) is 11.0. The molecule has 0 radical (unpaired) electrons. The number of nitrogens with zero attached hydrogens (tertiary/aromatic N) is 1. The first-order chi connectivity index (χ1) is 7.86. The number of rotatable bonds is 2. The van der Waals surface area contributed by atoms with Crippen molar-refractivity contribution in [3.63, 3.8) is 0 Å². The topological polar surface area (TPSA) is 24.9 Å². The SMILES string of the molecule is CNc1csc(-c2ccc3c(c2)CCC3)n1. The third kappa shape index (κ3) is 1.61. The zero-order valence-electron chi connectivity index (χ0n) is 9.29. The summed E-state index contributed by atoms with van der Waals surface area (Å²) in [6.45, 7) is 0. The van der Waals surface area contributed by atoms with Crippen LogP contribution in [0.1, 0.15) is 17.5 Å². The normalized spacial score (nSPS) is 13.8. The first kappa shape index (κ1) is 9.85. The number of benzene rings is 1. The Bertz CT molecular complexity index is 516. The Hall–Kier alpha value is -1.35. The van der Waals surface area contributed by atoms with Crippen LogP contribution in [-0.4, -0.2) is 12.0 Å². The second-order valence-electron chi connectivity index (χ2n) is 4.12. The second kappa shape index (κ2) is 3.91. The third-order valence-electron chi connectivity index (χ3n) is 3.11. The summed E-state index contributed by atoms with van der Waals surface area (Å²) in [7, 11) is 1.90. The molecule has 1 heterocycles. The maximum atomic E-state index is 4.53. The summed E-state index contributed by atoms with van der Waals surface area (Å²) in [6.07, 6.45) is 3.78. The Kier molecular flexibility index (Phi) is 2.40. The monoisotopic (exact) mass is 230 g/mol. The van der Waals surface area contributed by atoms with E-state index in [1.807, 2.05) is 7.05 Å². The number of thiazole rings is 1. The smallest absolute Gasteiger partial charge is 0.137 e. The average Bonchev–Trinajstić information content (AvgIpc) is 2.96. The van der Waals surface area contributed by atoms with E-state index < -0.39 is 0 Å². The van der Waals surface area contributed by atoms with Crippen LogP contribution >= 0.6 is 11.3 Å². The van der Waals surface area contributed by atoms with Crippen molar-refractivity contribution in [2.45, 2.75) is 19.3 Å². The lowest BCUT2D eigenvalue weighted by Gasteiger charge is -2.01. The number of hydrogen-bond donors (Lipinski definition) is 1. The van der Waals surface area contributed by atoms with Crippen molar-refractivity contribution in [1.82, 2.24) is 4.98 Å². The van der Waals surface area contributed by atoms with Crippen molar-refractivity contribution in [2.24, 2.45) is 0 Å². The van der Waals surface area contributed by atoms with Gasteiger partial charge in [-0.2, -0.15) is 0 Å². The lowest BCUT2D eigenvalue weighted by atomic mass is 10.1. The first-order valence-electron chi connectivity index (χ1n) is 5.62. The summed E-state index contributed by atoms with van der Waals surface area (Å²) in [6, 6.07) is 6.77. The number of hydrogen-bond acceptors (Lipinski definition) is 3. The molecule has 0 fully saturated rings. The van der Waals surface area contributed by atoms with Crippen LogP contribution in [0, 0.1) is 0 Å². The molecule has 0 unspecified atom stereocenters. The summed E-state index contributed by atoms with van der Waals surface area (Å²) >= 11 is 1.70. The highest BCUT2D eigenvalue weighted by Crippen LogP contribution is 2.30. The molecule has 0 bridgehead atoms. The van der Waals surface area contributed by atoms with Crippen molar-refractivity contribution in [2.75, 3.05) is 12.4 Å². The zero-order valence-corrected chi connectivity index (χ0v) is 10.1. The largest absolute Gasteiger partial charge is 0.372 e. The molecule has 1 N–H and O–H groups in total. The Balaban J connectivity index is 2.00. The van der Waals surface area contributed by atoms with Crippen LogP contribution < -0.4 is 5.32 Å². The van der Waals surface area contributed by atoms with Gasteiger partial charge in [-0.05, 0) is 36.5 Å². The molecule has 1 aliphatic rings. The van der Waals surface area contributed by atoms with Gasteiger partial charge in [0.05, 0.1) is 0 Å². The molecule has 1 aliphatic carbocycles. The Labute approximate surface area is 99.4 Å². The molecule has 3 heteroatoms. The summed E-state index contributed by atoms with van der Waals surface area (Å²) in [5, 5.41) is 6.24. The molecule has 0 spiro atoms. The van der Waals surface area contributed by atoms with Crippen LogP contribution in [0.25, 0.3) is 10.6 Å². The highest BCUT2D eigenvalue weighted by molar-refractivity contribution is 7.13. The Morgan fingerprint density at radius 1 is 1.25 bits per heavy atom. The minimum absolute atomic E-state index is 0.959. The summed E-state index contributed by atoms with van der Waals surface area (Å²) in [5.74, 6) is 0.959. The molecule has 2 aromatic rings. The third-order valence-corrected chi connectivity index (χ3v) is 4.00. The molecule has 1 aromatic heterocycles. The molecule has 0 amide bonds. The van der Waals surface area contributed by atoms with E-state index in [1.54, 1.807) is 11.3 Å². The van der Waals surface area contributed by atoms with Crippen LogP contribution in [0.5, 0.6) is 0 Å². The number of aryl methyl sites for hydroxylation is 2. The maximum Gasteiger partial charge on any atom is 0.137 e. The van der Waals surface area contributed by atoms with Crippen molar-refractivity contribution < 1.29 is 0 Å². The summed E-state index contributed by atoms with van der Waals surface area (Å²) < 4.78 is 0. The van der Waals surface area contributed by atoms with Gasteiger partial charge >= 0.3 is 0 Å². The van der Waals surface area contributed by atoms with Gasteiger partial charge in [-0.1, -0.05) is 12.1 Å². The Morgan fingerprint density at radius 2 is 2.12 bits per heavy atom. The molecular formula is C13H14N2S. The fraction of sp³-hybridized carbons (Fsp3) is 0.308. The number of nitrogens with one attached hydrogen (secondary N) is 1. The molecule has 82 valence electrons. The highest BCUT2D eigenvalue weighted by Gasteiger charge is 2.12. The van der Waals surface area contributed by atoms with Crippen LogP contribution in [0.2, 0.25) is 0 Å². The predicted octanol–water partition coefficient (Wildman–Crippen LogP) is 3.34. The van der Waals surface area contributed by atoms with Gasteiger partial charge in [0, 0.05) is 18.0 Å². The van der Waals surface area contributed by atoms with Gasteiger partial charge in [-0.15, -0.1) is 11.3 Å². The summed E-state index contributed by atoms with van der Waals surface area (Å²) in [4.78, 5) is 4.53. The molecule has 1 aromatic carbocycles. The van der Waals surface area contributed by atoms with Crippen LogP contribution in [0.4, 0.5) is 5.82 Å². The number of aromatic nitrogens is 1. The molecule has 3 rings (SSSR count). The van der Waals surface area contributed by atoms with E-state index in [9.17, 15) is 0 Å². The van der Waals surface area contributed by atoms with E-state index >= 15 is 0 Å². The highest BCUT2D eigenvalue weighted by atomic mass is 32.1.